The number of halogens is 3. The van der Waals surface area contributed by atoms with E-state index in [0.717, 1.165) is 13.2 Å². The number of benzene rings is 1. The van der Waals surface area contributed by atoms with Gasteiger partial charge in [0.2, 0.25) is 0 Å². The molecule has 0 saturated carbocycles. The van der Waals surface area contributed by atoms with Crippen molar-refractivity contribution in [2.75, 3.05) is 20.0 Å². The standard InChI is InChI=1S/C14H11F2IN2O3/c1-21-13-10(18)9(16)11(19-12(13)14(20)22-2)6-3-4-8(17)7(15)5-6/h3-5H,1-2H3,(H2,18,19). The molecule has 5 nitrogen and oxygen atoms in total. The topological polar surface area (TPSA) is 74.4 Å². The lowest BCUT2D eigenvalue weighted by Gasteiger charge is -2.13. The van der Waals surface area contributed by atoms with Crippen LogP contribution in [0.3, 0.4) is 0 Å². The van der Waals surface area contributed by atoms with Crippen LogP contribution in [0.4, 0.5) is 14.5 Å². The number of nitrogen functional groups attached to an aromatic ring is 1. The first-order valence-electron chi connectivity index (χ1n) is 5.97. The number of hydrogen-bond acceptors (Lipinski definition) is 5. The largest absolute Gasteiger partial charge is 0.492 e. The number of carbonyl (C=O) groups excluding carboxylic acids is 1. The lowest BCUT2D eigenvalue weighted by atomic mass is 10.1. The summed E-state index contributed by atoms with van der Waals surface area (Å²) in [5.41, 5.74) is 4.87. The maximum absolute atomic E-state index is 14.4. The summed E-state index contributed by atoms with van der Waals surface area (Å²) in [5, 5.41) is 0. The number of methoxy groups -OCH3 is 2. The van der Waals surface area contributed by atoms with Gasteiger partial charge in [-0.15, -0.1) is 0 Å². The van der Waals surface area contributed by atoms with Gasteiger partial charge in [0.05, 0.1) is 14.2 Å². The number of carbonyl (C=O) groups is 1. The van der Waals surface area contributed by atoms with Crippen molar-refractivity contribution in [1.82, 2.24) is 4.98 Å². The minimum absolute atomic E-state index is 0.148. The van der Waals surface area contributed by atoms with E-state index < -0.39 is 23.3 Å². The molecule has 0 bridgehead atoms. The van der Waals surface area contributed by atoms with E-state index >= 15 is 0 Å². The molecular formula is C14H11F2IN2O3. The van der Waals surface area contributed by atoms with Crippen molar-refractivity contribution >= 4 is 34.2 Å². The van der Waals surface area contributed by atoms with Gasteiger partial charge in [0.25, 0.3) is 0 Å². The first kappa shape index (κ1) is 16.4. The van der Waals surface area contributed by atoms with Gasteiger partial charge in [-0.1, -0.05) is 6.07 Å². The molecule has 0 saturated heterocycles. The molecule has 0 aliphatic heterocycles. The Hall–Kier alpha value is -1.97. The van der Waals surface area contributed by atoms with E-state index in [1.165, 1.54) is 19.2 Å². The van der Waals surface area contributed by atoms with Gasteiger partial charge in [0.15, 0.2) is 17.3 Å². The van der Waals surface area contributed by atoms with Crippen LogP contribution in [0.2, 0.25) is 0 Å². The fourth-order valence-corrected chi connectivity index (χ4v) is 2.18. The number of nitrogens with zero attached hydrogens (tertiary/aromatic N) is 1. The van der Waals surface area contributed by atoms with Crippen LogP contribution < -0.4 is 10.5 Å². The van der Waals surface area contributed by atoms with Crippen molar-refractivity contribution < 1.29 is 23.0 Å². The first-order chi connectivity index (χ1) is 10.4. The maximum atomic E-state index is 14.4. The number of anilines is 1. The van der Waals surface area contributed by atoms with Gasteiger partial charge < -0.3 is 15.2 Å². The lowest BCUT2D eigenvalue weighted by Crippen LogP contribution is -2.12. The summed E-state index contributed by atoms with van der Waals surface area (Å²) in [7, 11) is 2.37. The van der Waals surface area contributed by atoms with Crippen LogP contribution >= 0.6 is 22.6 Å². The van der Waals surface area contributed by atoms with Gasteiger partial charge in [-0.05, 0) is 34.7 Å². The SMILES string of the molecule is COC(=O)c1nc(-c2ccc(I)c(F)c2)c(F)c(N)c1OC. The number of aromatic nitrogens is 1. The predicted octanol–water partition coefficient (Wildman–Crippen LogP) is 3.01. The number of nitrogens with two attached hydrogens (primary N) is 1. The van der Waals surface area contributed by atoms with Gasteiger partial charge in [-0.25, -0.2) is 18.6 Å². The molecule has 0 fully saturated rings. The van der Waals surface area contributed by atoms with Gasteiger partial charge in [-0.3, -0.25) is 0 Å². The highest BCUT2D eigenvalue weighted by atomic mass is 127. The van der Waals surface area contributed by atoms with Crippen LogP contribution in [-0.2, 0) is 4.74 Å². The maximum Gasteiger partial charge on any atom is 0.360 e. The van der Waals surface area contributed by atoms with Gasteiger partial charge in [0, 0.05) is 9.13 Å². The van der Waals surface area contributed by atoms with Gasteiger partial charge in [-0.2, -0.15) is 0 Å². The van der Waals surface area contributed by atoms with Crippen molar-refractivity contribution in [2.45, 2.75) is 0 Å². The molecule has 1 aromatic heterocycles. The summed E-state index contributed by atoms with van der Waals surface area (Å²) in [5.74, 6) is -2.49. The molecule has 0 unspecified atom stereocenters. The molecule has 0 atom stereocenters. The second-order valence-corrected chi connectivity index (χ2v) is 5.35. The van der Waals surface area contributed by atoms with Crippen molar-refractivity contribution in [3.63, 3.8) is 0 Å². The van der Waals surface area contributed by atoms with Crippen LogP contribution in [0.25, 0.3) is 11.3 Å². The van der Waals surface area contributed by atoms with E-state index in [4.69, 9.17) is 10.5 Å². The normalized spacial score (nSPS) is 10.4. The third-order valence-corrected chi connectivity index (χ3v) is 3.78. The second-order valence-electron chi connectivity index (χ2n) is 4.19. The van der Waals surface area contributed by atoms with Crippen LogP contribution in [0.1, 0.15) is 10.5 Å². The Kier molecular flexibility index (Phi) is 4.79. The third kappa shape index (κ3) is 2.82. The number of hydrogen-bond donors (Lipinski definition) is 1. The Bertz CT molecular complexity index is 753. The van der Waals surface area contributed by atoms with Crippen molar-refractivity contribution in [3.8, 4) is 17.0 Å². The number of rotatable bonds is 3. The molecule has 0 aliphatic carbocycles. The fraction of sp³-hybridized carbons (Fsp3) is 0.143. The molecule has 1 heterocycles. The molecular weight excluding hydrogens is 409 g/mol. The van der Waals surface area contributed by atoms with E-state index in [0.29, 0.717) is 3.57 Å². The van der Waals surface area contributed by atoms with E-state index in [1.807, 2.05) is 0 Å². The number of pyridine rings is 1. The number of ether oxygens (including phenoxy) is 2. The Morgan fingerprint density at radius 1 is 1.32 bits per heavy atom. The van der Waals surface area contributed by atoms with Crippen molar-refractivity contribution in [1.29, 1.82) is 0 Å². The Morgan fingerprint density at radius 2 is 2.00 bits per heavy atom. The zero-order valence-corrected chi connectivity index (χ0v) is 13.8. The lowest BCUT2D eigenvalue weighted by molar-refractivity contribution is 0.0590. The molecule has 22 heavy (non-hydrogen) atoms. The Balaban J connectivity index is 2.73. The zero-order valence-electron chi connectivity index (χ0n) is 11.6. The fourth-order valence-electron chi connectivity index (χ4n) is 1.84. The first-order valence-corrected chi connectivity index (χ1v) is 7.05. The molecule has 2 N–H and O–H groups in total. The summed E-state index contributed by atoms with van der Waals surface area (Å²) in [4.78, 5) is 15.6. The van der Waals surface area contributed by atoms with Crippen molar-refractivity contribution in [2.24, 2.45) is 0 Å². The molecule has 0 spiro atoms. The highest BCUT2D eigenvalue weighted by Gasteiger charge is 2.25. The molecule has 116 valence electrons. The average Bonchev–Trinajstić information content (AvgIpc) is 2.51. The number of esters is 1. The third-order valence-electron chi connectivity index (χ3n) is 2.90. The quantitative estimate of drug-likeness (QED) is 0.611. The summed E-state index contributed by atoms with van der Waals surface area (Å²) in [6.45, 7) is 0. The minimum Gasteiger partial charge on any atom is -0.492 e. The highest BCUT2D eigenvalue weighted by Crippen LogP contribution is 2.34. The summed E-state index contributed by atoms with van der Waals surface area (Å²) >= 11 is 1.80. The molecule has 2 rings (SSSR count). The van der Waals surface area contributed by atoms with E-state index in [2.05, 4.69) is 9.72 Å². The monoisotopic (exact) mass is 420 g/mol. The van der Waals surface area contributed by atoms with Crippen LogP contribution in [0, 0.1) is 15.2 Å². The average molecular weight is 420 g/mol. The second kappa shape index (κ2) is 6.42. The molecule has 2 aromatic rings. The van der Waals surface area contributed by atoms with Crippen LogP contribution in [0.15, 0.2) is 18.2 Å². The van der Waals surface area contributed by atoms with E-state index in [9.17, 15) is 13.6 Å². The van der Waals surface area contributed by atoms with Crippen LogP contribution in [0.5, 0.6) is 5.75 Å². The minimum atomic E-state index is -0.898. The van der Waals surface area contributed by atoms with Crippen molar-refractivity contribution in [3.05, 3.63) is 39.1 Å². The molecule has 8 heteroatoms. The smallest absolute Gasteiger partial charge is 0.360 e. The Morgan fingerprint density at radius 3 is 2.55 bits per heavy atom. The zero-order chi connectivity index (χ0) is 16.4. The molecule has 1 aromatic carbocycles. The van der Waals surface area contributed by atoms with E-state index in [-0.39, 0.29) is 22.7 Å². The Labute approximate surface area is 138 Å². The predicted molar refractivity (Wildman–Crippen MR) is 84.6 cm³/mol. The molecule has 0 aliphatic rings. The molecule has 0 radical (unpaired) electrons. The molecule has 0 amide bonds. The van der Waals surface area contributed by atoms with Gasteiger partial charge >= 0.3 is 5.97 Å². The summed E-state index contributed by atoms with van der Waals surface area (Å²) in [6, 6.07) is 4.05. The highest BCUT2D eigenvalue weighted by molar-refractivity contribution is 14.1. The van der Waals surface area contributed by atoms with Gasteiger partial charge in [0.1, 0.15) is 17.2 Å². The van der Waals surface area contributed by atoms with Crippen LogP contribution in [-0.4, -0.2) is 25.2 Å². The van der Waals surface area contributed by atoms with E-state index in [1.54, 1.807) is 22.6 Å². The summed E-state index contributed by atoms with van der Waals surface area (Å²) < 4.78 is 37.9. The summed E-state index contributed by atoms with van der Waals surface area (Å²) in [6.07, 6.45) is 0.